The summed E-state index contributed by atoms with van der Waals surface area (Å²) in [5.74, 6) is 3.18. The Morgan fingerprint density at radius 2 is 1.10 bits per heavy atom. The lowest BCUT2D eigenvalue weighted by Crippen LogP contribution is -2.27. The van der Waals surface area contributed by atoms with E-state index in [1.165, 1.54) is 27.8 Å². The lowest BCUT2D eigenvalue weighted by Gasteiger charge is -2.31. The summed E-state index contributed by atoms with van der Waals surface area (Å²) in [5, 5.41) is 10.1. The summed E-state index contributed by atoms with van der Waals surface area (Å²) in [6.07, 6.45) is 2.05. The van der Waals surface area contributed by atoms with Gasteiger partial charge in [0.1, 0.15) is 28.7 Å². The van der Waals surface area contributed by atoms with Crippen LogP contribution in [0, 0.1) is 20.8 Å². The molecule has 206 valence electrons. The number of phenolic OH excluding ortho intramolecular Hbond substituents is 1. The summed E-state index contributed by atoms with van der Waals surface area (Å²) in [5.41, 5.74) is 15.0. The van der Waals surface area contributed by atoms with Crippen LogP contribution in [0.25, 0.3) is 0 Å². The molecule has 0 aromatic heterocycles. The van der Waals surface area contributed by atoms with Crippen molar-refractivity contribution >= 4 is 5.69 Å². The van der Waals surface area contributed by atoms with E-state index in [-0.39, 0.29) is 22.0 Å². The standard InChI is InChI=1S/C36H39NO3/c1-21-8-10-24(11-9-21)39-32-17-27-28(15-23(32)3)36(20-35(27,6)7)19-34(4,5)26-14-22(2)33(18-29(26)36)40-25-12-13-30(37)31(38)16-25/h8-18,38H,19-20,37H2,1-7H3. The minimum atomic E-state index is -0.125. The molecule has 1 spiro atoms. The first-order valence-electron chi connectivity index (χ1n) is 14.1. The zero-order valence-electron chi connectivity index (χ0n) is 24.6. The molecule has 0 amide bonds. The van der Waals surface area contributed by atoms with E-state index in [0.717, 1.165) is 41.2 Å². The van der Waals surface area contributed by atoms with E-state index in [1.807, 2.05) is 12.1 Å². The molecule has 6 rings (SSSR count). The molecule has 0 heterocycles. The van der Waals surface area contributed by atoms with Crippen LogP contribution < -0.4 is 15.2 Å². The largest absolute Gasteiger partial charge is 0.506 e. The van der Waals surface area contributed by atoms with E-state index in [2.05, 4.69) is 84.9 Å². The molecule has 2 aliphatic rings. The topological polar surface area (TPSA) is 64.7 Å². The maximum Gasteiger partial charge on any atom is 0.142 e. The Kier molecular flexibility index (Phi) is 5.78. The van der Waals surface area contributed by atoms with Gasteiger partial charge < -0.3 is 20.3 Å². The third-order valence-electron chi connectivity index (χ3n) is 9.09. The molecule has 4 aromatic carbocycles. The molecule has 4 heteroatoms. The van der Waals surface area contributed by atoms with Gasteiger partial charge in [0.15, 0.2) is 0 Å². The average Bonchev–Trinajstić information content (AvgIpc) is 3.22. The van der Waals surface area contributed by atoms with E-state index in [1.54, 1.807) is 18.2 Å². The van der Waals surface area contributed by atoms with E-state index < -0.39 is 0 Å². The molecule has 1 unspecified atom stereocenters. The summed E-state index contributed by atoms with van der Waals surface area (Å²) in [7, 11) is 0. The number of nitrogens with two attached hydrogens (primary N) is 1. The zero-order chi connectivity index (χ0) is 28.6. The molecule has 0 bridgehead atoms. The second-order valence-corrected chi connectivity index (χ2v) is 13.3. The Labute approximate surface area is 237 Å². The van der Waals surface area contributed by atoms with Gasteiger partial charge in [-0.15, -0.1) is 0 Å². The number of aromatic hydroxyl groups is 1. The van der Waals surface area contributed by atoms with Gasteiger partial charge in [0.05, 0.1) is 5.69 Å². The fourth-order valence-corrected chi connectivity index (χ4v) is 7.24. The first-order valence-corrected chi connectivity index (χ1v) is 14.1. The van der Waals surface area contributed by atoms with Crippen molar-refractivity contribution < 1.29 is 14.6 Å². The van der Waals surface area contributed by atoms with Gasteiger partial charge in [0, 0.05) is 11.5 Å². The lowest BCUT2D eigenvalue weighted by atomic mass is 9.72. The van der Waals surface area contributed by atoms with Gasteiger partial charge in [-0.3, -0.25) is 0 Å². The van der Waals surface area contributed by atoms with Crippen molar-refractivity contribution in [2.45, 2.75) is 77.6 Å². The van der Waals surface area contributed by atoms with Crippen LogP contribution >= 0.6 is 0 Å². The Balaban J connectivity index is 1.47. The van der Waals surface area contributed by atoms with Crippen LogP contribution in [-0.2, 0) is 16.2 Å². The predicted molar refractivity (Wildman–Crippen MR) is 162 cm³/mol. The van der Waals surface area contributed by atoms with E-state index in [4.69, 9.17) is 15.2 Å². The number of benzene rings is 4. The Morgan fingerprint density at radius 3 is 1.70 bits per heavy atom. The first-order chi connectivity index (χ1) is 18.8. The van der Waals surface area contributed by atoms with Crippen molar-refractivity contribution in [1.29, 1.82) is 0 Å². The van der Waals surface area contributed by atoms with E-state index in [0.29, 0.717) is 11.4 Å². The van der Waals surface area contributed by atoms with Crippen molar-refractivity contribution in [3.8, 4) is 28.7 Å². The van der Waals surface area contributed by atoms with Gasteiger partial charge in [-0.2, -0.15) is 0 Å². The normalized spacial score (nSPS) is 19.9. The number of phenols is 1. The maximum atomic E-state index is 10.1. The second kappa shape index (κ2) is 8.79. The highest BCUT2D eigenvalue weighted by atomic mass is 16.5. The van der Waals surface area contributed by atoms with Crippen molar-refractivity contribution in [3.63, 3.8) is 0 Å². The molecule has 0 aliphatic heterocycles. The number of rotatable bonds is 4. The molecular weight excluding hydrogens is 494 g/mol. The fourth-order valence-electron chi connectivity index (χ4n) is 7.24. The molecule has 2 aliphatic carbocycles. The van der Waals surface area contributed by atoms with E-state index in [9.17, 15) is 5.11 Å². The smallest absolute Gasteiger partial charge is 0.142 e. The number of fused-ring (bicyclic) bond motifs is 4. The van der Waals surface area contributed by atoms with Gasteiger partial charge in [0.2, 0.25) is 0 Å². The summed E-state index contributed by atoms with van der Waals surface area (Å²) >= 11 is 0. The SMILES string of the molecule is Cc1ccc(Oc2cc3c(cc2C)C2(CC3(C)C)CC(C)(C)c3cc(C)c(Oc4ccc(N)c(O)c4)cc32)cc1. The Morgan fingerprint density at radius 1 is 0.625 bits per heavy atom. The van der Waals surface area contributed by atoms with Gasteiger partial charge >= 0.3 is 0 Å². The second-order valence-electron chi connectivity index (χ2n) is 13.3. The molecule has 0 radical (unpaired) electrons. The van der Waals surface area contributed by atoms with Gasteiger partial charge in [0.25, 0.3) is 0 Å². The highest BCUT2D eigenvalue weighted by Gasteiger charge is 2.56. The molecule has 4 nitrogen and oxygen atoms in total. The fraction of sp³-hybridized carbons (Fsp3) is 0.333. The number of aryl methyl sites for hydroxylation is 3. The monoisotopic (exact) mass is 533 g/mol. The molecule has 1 atom stereocenters. The van der Waals surface area contributed by atoms with Crippen LogP contribution in [0.2, 0.25) is 0 Å². The molecule has 0 saturated heterocycles. The van der Waals surface area contributed by atoms with Crippen molar-refractivity contribution in [3.05, 3.63) is 106 Å². The van der Waals surface area contributed by atoms with Crippen molar-refractivity contribution in [2.75, 3.05) is 5.73 Å². The lowest BCUT2D eigenvalue weighted by molar-refractivity contribution is 0.349. The highest BCUT2D eigenvalue weighted by molar-refractivity contribution is 5.64. The maximum absolute atomic E-state index is 10.1. The number of hydrogen-bond acceptors (Lipinski definition) is 4. The molecular formula is C36H39NO3. The van der Waals surface area contributed by atoms with Crippen LogP contribution in [0.4, 0.5) is 5.69 Å². The number of ether oxygens (including phenoxy) is 2. The summed E-state index contributed by atoms with van der Waals surface area (Å²) in [4.78, 5) is 0. The summed E-state index contributed by atoms with van der Waals surface area (Å²) in [6.45, 7) is 15.8. The first kappa shape index (κ1) is 26.3. The third kappa shape index (κ3) is 4.13. The molecule has 0 saturated carbocycles. The number of nitrogen functional groups attached to an aromatic ring is 1. The van der Waals surface area contributed by atoms with Gasteiger partial charge in [-0.05, 0) is 114 Å². The third-order valence-corrected chi connectivity index (χ3v) is 9.09. The Bertz CT molecular complexity index is 1650. The predicted octanol–water partition coefficient (Wildman–Crippen LogP) is 9.13. The zero-order valence-corrected chi connectivity index (χ0v) is 24.6. The minimum absolute atomic E-state index is 0.0146. The molecule has 40 heavy (non-hydrogen) atoms. The number of anilines is 1. The minimum Gasteiger partial charge on any atom is -0.506 e. The van der Waals surface area contributed by atoms with E-state index >= 15 is 0 Å². The van der Waals surface area contributed by atoms with Crippen LogP contribution in [-0.4, -0.2) is 5.11 Å². The van der Waals surface area contributed by atoms with Crippen LogP contribution in [0.3, 0.4) is 0 Å². The van der Waals surface area contributed by atoms with Crippen molar-refractivity contribution in [1.82, 2.24) is 0 Å². The summed E-state index contributed by atoms with van der Waals surface area (Å²) in [6, 6.07) is 22.5. The van der Waals surface area contributed by atoms with Crippen LogP contribution in [0.1, 0.15) is 79.5 Å². The average molecular weight is 534 g/mol. The van der Waals surface area contributed by atoms with Gasteiger partial charge in [-0.1, -0.05) is 57.5 Å². The van der Waals surface area contributed by atoms with Crippen LogP contribution in [0.15, 0.2) is 66.7 Å². The van der Waals surface area contributed by atoms with Crippen LogP contribution in [0.5, 0.6) is 28.7 Å². The quantitative estimate of drug-likeness (QED) is 0.203. The summed E-state index contributed by atoms with van der Waals surface area (Å²) < 4.78 is 12.8. The Hall–Kier alpha value is -3.92. The van der Waals surface area contributed by atoms with Crippen molar-refractivity contribution in [2.24, 2.45) is 0 Å². The highest BCUT2D eigenvalue weighted by Crippen LogP contribution is 2.64. The number of hydrogen-bond donors (Lipinski definition) is 2. The van der Waals surface area contributed by atoms with Gasteiger partial charge in [-0.25, -0.2) is 0 Å². The molecule has 0 fully saturated rings. The molecule has 4 aromatic rings. The molecule has 3 N–H and O–H groups in total.